The molecule has 0 saturated heterocycles. The molecule has 0 unspecified atom stereocenters. The van der Waals surface area contributed by atoms with Gasteiger partial charge >= 0.3 is 0 Å². The van der Waals surface area contributed by atoms with E-state index < -0.39 is 11.8 Å². The number of carbonyl (C=O) groups is 2. The zero-order chi connectivity index (χ0) is 25.1. The third-order valence-electron chi connectivity index (χ3n) is 4.53. The number of pyridine rings is 1. The molecule has 0 aliphatic rings. The summed E-state index contributed by atoms with van der Waals surface area (Å²) in [6.45, 7) is 3.62. The van der Waals surface area contributed by atoms with E-state index in [1.165, 1.54) is 40.4 Å². The lowest BCUT2D eigenvalue weighted by molar-refractivity contribution is 0.0944. The molecule has 8 nitrogen and oxygen atoms in total. The molecule has 3 heterocycles. The lowest BCUT2D eigenvalue weighted by atomic mass is 10.1. The van der Waals surface area contributed by atoms with Crippen molar-refractivity contribution in [1.29, 1.82) is 0 Å². The molecule has 0 spiro atoms. The smallest absolute Gasteiger partial charge is 0.274 e. The number of nitrogens with zero attached hydrogens (tertiary/aromatic N) is 3. The van der Waals surface area contributed by atoms with Gasteiger partial charge in [-0.25, -0.2) is 9.67 Å². The van der Waals surface area contributed by atoms with E-state index in [0.717, 1.165) is 0 Å². The number of amides is 2. The van der Waals surface area contributed by atoms with E-state index in [-0.39, 0.29) is 49.8 Å². The molecule has 4 rings (SSSR count). The Hall–Kier alpha value is -3.11. The van der Waals surface area contributed by atoms with Gasteiger partial charge in [0.1, 0.15) is 11.4 Å². The molecule has 0 aliphatic carbocycles. The standard InChI is InChI=1S/C23H18Cl3N5O3S/c1-12(2)28-22(32)15-8-13(24)9-17(26)20(15)29-23(33)18-10-19(34-14-5-7-35-11-14)30-31(18)21-16(25)4-3-6-27-21/h3-12H,1-2H3,(H,28,32)(H,29,33). The van der Waals surface area contributed by atoms with Crippen LogP contribution in [0, 0.1) is 0 Å². The molecule has 0 fully saturated rings. The van der Waals surface area contributed by atoms with Gasteiger partial charge in [0.2, 0.25) is 5.88 Å². The third kappa shape index (κ3) is 5.76. The Bertz CT molecular complexity index is 1390. The highest BCUT2D eigenvalue weighted by Crippen LogP contribution is 2.32. The number of hydrogen-bond donors (Lipinski definition) is 2. The van der Waals surface area contributed by atoms with E-state index in [1.54, 1.807) is 23.6 Å². The van der Waals surface area contributed by atoms with Gasteiger partial charge in [0.15, 0.2) is 5.82 Å². The van der Waals surface area contributed by atoms with Crippen molar-refractivity contribution in [1.82, 2.24) is 20.1 Å². The van der Waals surface area contributed by atoms with Crippen molar-refractivity contribution in [2.75, 3.05) is 5.32 Å². The number of halogens is 3. The molecule has 0 aliphatic heterocycles. The van der Waals surface area contributed by atoms with E-state index in [4.69, 9.17) is 39.5 Å². The summed E-state index contributed by atoms with van der Waals surface area (Å²) in [6, 6.07) is 9.21. The first-order valence-corrected chi connectivity index (χ1v) is 12.3. The minimum atomic E-state index is -0.623. The molecule has 180 valence electrons. The largest absolute Gasteiger partial charge is 0.437 e. The first-order valence-electron chi connectivity index (χ1n) is 10.2. The SMILES string of the molecule is CC(C)NC(=O)c1cc(Cl)cc(Cl)c1NC(=O)c1cc(Oc2ccsc2)nn1-c1ncccc1Cl. The normalized spacial score (nSPS) is 10.9. The minimum Gasteiger partial charge on any atom is -0.437 e. The van der Waals surface area contributed by atoms with Crippen LogP contribution in [0.4, 0.5) is 5.69 Å². The van der Waals surface area contributed by atoms with Gasteiger partial charge in [-0.05, 0) is 49.6 Å². The summed E-state index contributed by atoms with van der Waals surface area (Å²) in [5, 5.41) is 14.1. The number of thiophene rings is 1. The van der Waals surface area contributed by atoms with E-state index in [2.05, 4.69) is 20.7 Å². The molecule has 0 saturated carbocycles. The topological polar surface area (TPSA) is 98.1 Å². The lowest BCUT2D eigenvalue weighted by Gasteiger charge is -2.15. The Morgan fingerprint density at radius 2 is 1.89 bits per heavy atom. The van der Waals surface area contributed by atoms with Crippen LogP contribution in [0.5, 0.6) is 11.6 Å². The van der Waals surface area contributed by atoms with Crippen LogP contribution >= 0.6 is 46.1 Å². The highest BCUT2D eigenvalue weighted by Gasteiger charge is 2.24. The summed E-state index contributed by atoms with van der Waals surface area (Å²) in [5.74, 6) is -0.133. The fraction of sp³-hybridized carbons (Fsp3) is 0.130. The Morgan fingerprint density at radius 3 is 2.57 bits per heavy atom. The molecule has 2 amide bonds. The van der Waals surface area contributed by atoms with Crippen LogP contribution in [0.2, 0.25) is 15.1 Å². The Labute approximate surface area is 219 Å². The van der Waals surface area contributed by atoms with Crippen LogP contribution < -0.4 is 15.4 Å². The van der Waals surface area contributed by atoms with Crippen molar-refractivity contribution in [3.05, 3.63) is 79.7 Å². The van der Waals surface area contributed by atoms with Gasteiger partial charge in [0.25, 0.3) is 11.8 Å². The zero-order valence-electron chi connectivity index (χ0n) is 18.4. The van der Waals surface area contributed by atoms with Crippen LogP contribution in [0.25, 0.3) is 5.82 Å². The molecule has 0 atom stereocenters. The number of rotatable bonds is 7. The van der Waals surface area contributed by atoms with Crippen molar-refractivity contribution in [2.24, 2.45) is 0 Å². The molecule has 0 bridgehead atoms. The van der Waals surface area contributed by atoms with Gasteiger partial charge in [-0.3, -0.25) is 9.59 Å². The number of hydrogen-bond acceptors (Lipinski definition) is 6. The number of benzene rings is 1. The zero-order valence-corrected chi connectivity index (χ0v) is 21.5. The summed E-state index contributed by atoms with van der Waals surface area (Å²) in [7, 11) is 0. The maximum atomic E-state index is 13.4. The van der Waals surface area contributed by atoms with Crippen molar-refractivity contribution >= 4 is 63.6 Å². The van der Waals surface area contributed by atoms with Crippen molar-refractivity contribution in [3.8, 4) is 17.4 Å². The first-order chi connectivity index (χ1) is 16.7. The van der Waals surface area contributed by atoms with E-state index >= 15 is 0 Å². The van der Waals surface area contributed by atoms with Crippen LogP contribution in [0.1, 0.15) is 34.7 Å². The third-order valence-corrected chi connectivity index (χ3v) is 6.01. The highest BCUT2D eigenvalue weighted by atomic mass is 35.5. The molecule has 2 N–H and O–H groups in total. The van der Waals surface area contributed by atoms with Crippen LogP contribution in [-0.4, -0.2) is 32.6 Å². The fourth-order valence-corrected chi connectivity index (χ4v) is 4.39. The van der Waals surface area contributed by atoms with Gasteiger partial charge in [0, 0.05) is 28.7 Å². The van der Waals surface area contributed by atoms with Gasteiger partial charge < -0.3 is 15.4 Å². The fourth-order valence-electron chi connectivity index (χ4n) is 3.09. The monoisotopic (exact) mass is 549 g/mol. The number of ether oxygens (including phenoxy) is 1. The van der Waals surface area contributed by atoms with Crippen LogP contribution in [0.3, 0.4) is 0 Å². The second-order valence-corrected chi connectivity index (χ2v) is 9.57. The lowest BCUT2D eigenvalue weighted by Crippen LogP contribution is -2.31. The quantitative estimate of drug-likeness (QED) is 0.275. The maximum Gasteiger partial charge on any atom is 0.274 e. The van der Waals surface area contributed by atoms with Crippen molar-refractivity contribution in [2.45, 2.75) is 19.9 Å². The predicted octanol–water partition coefficient (Wildman–Crippen LogP) is 6.47. The summed E-state index contributed by atoms with van der Waals surface area (Å²) in [4.78, 5) is 30.5. The Kier molecular flexibility index (Phi) is 7.61. The number of carbonyl (C=O) groups excluding carboxylic acids is 2. The Balaban J connectivity index is 1.75. The van der Waals surface area contributed by atoms with E-state index in [1.807, 2.05) is 19.2 Å². The number of aromatic nitrogens is 3. The average Bonchev–Trinajstić information content (AvgIpc) is 3.45. The second-order valence-electron chi connectivity index (χ2n) is 7.54. The van der Waals surface area contributed by atoms with Crippen molar-refractivity contribution in [3.63, 3.8) is 0 Å². The Morgan fingerprint density at radius 1 is 1.09 bits per heavy atom. The first kappa shape index (κ1) is 25.0. The highest BCUT2D eigenvalue weighted by molar-refractivity contribution is 7.08. The van der Waals surface area contributed by atoms with Crippen LogP contribution in [0.15, 0.2) is 53.4 Å². The molecule has 35 heavy (non-hydrogen) atoms. The minimum absolute atomic E-state index is 0.0528. The molecule has 12 heteroatoms. The average molecular weight is 551 g/mol. The van der Waals surface area contributed by atoms with Gasteiger partial charge in [0.05, 0.1) is 21.3 Å². The van der Waals surface area contributed by atoms with E-state index in [9.17, 15) is 9.59 Å². The maximum absolute atomic E-state index is 13.4. The number of anilines is 1. The summed E-state index contributed by atoms with van der Waals surface area (Å²) < 4.78 is 7.03. The van der Waals surface area contributed by atoms with Gasteiger partial charge in [-0.1, -0.05) is 34.8 Å². The summed E-state index contributed by atoms with van der Waals surface area (Å²) in [6.07, 6.45) is 1.52. The summed E-state index contributed by atoms with van der Waals surface area (Å²) in [5.41, 5.74) is 0.262. The van der Waals surface area contributed by atoms with Gasteiger partial charge in [-0.15, -0.1) is 16.4 Å². The van der Waals surface area contributed by atoms with Crippen molar-refractivity contribution < 1.29 is 14.3 Å². The van der Waals surface area contributed by atoms with Crippen LogP contribution in [-0.2, 0) is 0 Å². The second kappa shape index (κ2) is 10.7. The predicted molar refractivity (Wildman–Crippen MR) is 138 cm³/mol. The van der Waals surface area contributed by atoms with E-state index in [0.29, 0.717) is 5.75 Å². The molecule has 4 aromatic rings. The molecular formula is C23H18Cl3N5O3S. The molecule has 1 aromatic carbocycles. The molecule has 0 radical (unpaired) electrons. The number of nitrogens with one attached hydrogen (secondary N) is 2. The molecular weight excluding hydrogens is 533 g/mol. The van der Waals surface area contributed by atoms with Gasteiger partial charge in [-0.2, -0.15) is 0 Å². The molecule has 3 aromatic heterocycles. The summed E-state index contributed by atoms with van der Waals surface area (Å²) >= 11 is 20.3.